The average molecular weight is 581 g/mol. The van der Waals surface area contributed by atoms with Crippen LogP contribution in [-0.2, 0) is 30.9 Å². The van der Waals surface area contributed by atoms with Crippen LogP contribution in [0.4, 0.5) is 0 Å². The Balaban J connectivity index is 1.90. The minimum Gasteiger partial charge on any atom is -0.494 e. The van der Waals surface area contributed by atoms with Gasteiger partial charge in [-0.2, -0.15) is 8.61 Å². The van der Waals surface area contributed by atoms with Crippen LogP contribution in [-0.4, -0.2) is 64.3 Å². The predicted molar refractivity (Wildman–Crippen MR) is 155 cm³/mol. The molecule has 0 aromatic heterocycles. The van der Waals surface area contributed by atoms with E-state index < -0.39 is 26.1 Å². The van der Waals surface area contributed by atoms with Crippen molar-refractivity contribution in [1.29, 1.82) is 0 Å². The number of hydrogen-bond donors (Lipinski definition) is 0. The largest absolute Gasteiger partial charge is 0.494 e. The summed E-state index contributed by atoms with van der Waals surface area (Å²) in [5.74, 6) is 1.33. The molecule has 1 fully saturated rings. The van der Waals surface area contributed by atoms with Crippen molar-refractivity contribution >= 4 is 20.0 Å². The van der Waals surface area contributed by atoms with Crippen molar-refractivity contribution in [3.63, 3.8) is 0 Å². The van der Waals surface area contributed by atoms with Gasteiger partial charge in [-0.25, -0.2) is 16.8 Å². The van der Waals surface area contributed by atoms with Gasteiger partial charge < -0.3 is 9.47 Å². The third-order valence-corrected chi connectivity index (χ3v) is 10.8. The molecule has 0 saturated carbocycles. The van der Waals surface area contributed by atoms with Crippen molar-refractivity contribution in [2.45, 2.75) is 89.0 Å². The van der Waals surface area contributed by atoms with Crippen LogP contribution in [0.25, 0.3) is 0 Å². The molecule has 0 bridgehead atoms. The van der Waals surface area contributed by atoms with Crippen LogP contribution in [0.2, 0.25) is 0 Å². The van der Waals surface area contributed by atoms with Crippen LogP contribution < -0.4 is 9.47 Å². The van der Waals surface area contributed by atoms with Crippen molar-refractivity contribution in [3.8, 4) is 11.5 Å². The number of ether oxygens (including phenoxy) is 2. The molecule has 0 aliphatic carbocycles. The Kier molecular flexibility index (Phi) is 9.17. The fourth-order valence-corrected chi connectivity index (χ4v) is 8.02. The van der Waals surface area contributed by atoms with Crippen molar-refractivity contribution in [2.24, 2.45) is 0 Å². The average Bonchev–Trinajstić information content (AvgIpc) is 2.83. The van der Waals surface area contributed by atoms with Crippen molar-refractivity contribution in [2.75, 3.05) is 32.8 Å². The van der Waals surface area contributed by atoms with Gasteiger partial charge in [0.05, 0.1) is 23.0 Å². The number of piperazine rings is 1. The maximum absolute atomic E-state index is 13.7. The summed E-state index contributed by atoms with van der Waals surface area (Å²) in [5.41, 5.74) is 0.979. The van der Waals surface area contributed by atoms with Crippen LogP contribution in [0.3, 0.4) is 0 Å². The second-order valence-corrected chi connectivity index (χ2v) is 15.8. The Hall–Kier alpha value is -2.14. The summed E-state index contributed by atoms with van der Waals surface area (Å²) in [5, 5.41) is 0. The quantitative estimate of drug-likeness (QED) is 0.428. The molecular weight excluding hydrogens is 536 g/mol. The van der Waals surface area contributed by atoms with Gasteiger partial charge in [0.15, 0.2) is 0 Å². The highest BCUT2D eigenvalue weighted by Crippen LogP contribution is 2.36. The lowest BCUT2D eigenvalue weighted by atomic mass is 9.86. The van der Waals surface area contributed by atoms with Crippen LogP contribution >= 0.6 is 0 Å². The number of nitrogens with zero attached hydrogens (tertiary/aromatic N) is 2. The zero-order valence-electron chi connectivity index (χ0n) is 24.7. The monoisotopic (exact) mass is 580 g/mol. The second-order valence-electron chi connectivity index (χ2n) is 12.0. The van der Waals surface area contributed by atoms with Gasteiger partial charge >= 0.3 is 0 Å². The van der Waals surface area contributed by atoms with Gasteiger partial charge in [-0.3, -0.25) is 0 Å². The summed E-state index contributed by atoms with van der Waals surface area (Å²) in [6.45, 7) is 18.8. The second kappa shape index (κ2) is 11.4. The molecule has 39 heavy (non-hydrogen) atoms. The van der Waals surface area contributed by atoms with Gasteiger partial charge in [0.25, 0.3) is 0 Å². The molecule has 218 valence electrons. The van der Waals surface area contributed by atoms with Gasteiger partial charge in [0.2, 0.25) is 20.0 Å². The lowest BCUT2D eigenvalue weighted by Gasteiger charge is -2.38. The molecule has 2 aromatic carbocycles. The lowest BCUT2D eigenvalue weighted by Crippen LogP contribution is -2.55. The summed E-state index contributed by atoms with van der Waals surface area (Å²) in [6, 6.07) is 9.37. The normalized spacial score (nSPS) is 18.2. The standard InChI is InChI=1S/C29H44N2O6S2/c1-10-36-26-14-12-22(18-24(26)28(4,5)6)38(32,33)30-16-17-31(21(3)20-30)39(34,35)23-13-15-27(37-11-2)25(19-23)29(7,8)9/h12-15,18-19,21H,10-11,16-17,20H2,1-9H3/t21-/m0/s1. The zero-order valence-corrected chi connectivity index (χ0v) is 26.4. The molecule has 0 N–H and O–H groups in total. The summed E-state index contributed by atoms with van der Waals surface area (Å²) < 4.78 is 69.1. The van der Waals surface area contributed by atoms with E-state index in [4.69, 9.17) is 9.47 Å². The van der Waals surface area contributed by atoms with E-state index in [0.29, 0.717) is 24.7 Å². The molecule has 2 aromatic rings. The molecule has 1 aliphatic rings. The van der Waals surface area contributed by atoms with E-state index in [-0.39, 0.29) is 40.3 Å². The topological polar surface area (TPSA) is 93.2 Å². The Bertz CT molecular complexity index is 1390. The molecule has 1 atom stereocenters. The van der Waals surface area contributed by atoms with Gasteiger partial charge in [-0.15, -0.1) is 0 Å². The van der Waals surface area contributed by atoms with Crippen LogP contribution in [0.1, 0.15) is 73.4 Å². The van der Waals surface area contributed by atoms with Gasteiger partial charge in [0, 0.05) is 36.8 Å². The van der Waals surface area contributed by atoms with E-state index in [1.165, 1.54) is 8.61 Å². The fraction of sp³-hybridized carbons (Fsp3) is 0.586. The molecule has 1 saturated heterocycles. The summed E-state index contributed by atoms with van der Waals surface area (Å²) in [4.78, 5) is 0.362. The van der Waals surface area contributed by atoms with Crippen LogP contribution in [0, 0.1) is 0 Å². The van der Waals surface area contributed by atoms with Gasteiger partial charge in [-0.1, -0.05) is 41.5 Å². The maximum Gasteiger partial charge on any atom is 0.243 e. The van der Waals surface area contributed by atoms with Crippen molar-refractivity contribution in [3.05, 3.63) is 47.5 Å². The van der Waals surface area contributed by atoms with E-state index in [2.05, 4.69) is 0 Å². The number of sulfonamides is 2. The molecule has 0 spiro atoms. The molecule has 10 heteroatoms. The highest BCUT2D eigenvalue weighted by Gasteiger charge is 2.39. The third kappa shape index (κ3) is 6.61. The first kappa shape index (κ1) is 31.4. The Morgan fingerprint density at radius 3 is 1.56 bits per heavy atom. The first-order chi connectivity index (χ1) is 17.9. The third-order valence-electron chi connectivity index (χ3n) is 6.89. The van der Waals surface area contributed by atoms with Crippen molar-refractivity contribution in [1.82, 2.24) is 8.61 Å². The van der Waals surface area contributed by atoms with Crippen LogP contribution in [0.5, 0.6) is 11.5 Å². The Morgan fingerprint density at radius 2 is 1.18 bits per heavy atom. The minimum atomic E-state index is -3.86. The van der Waals surface area contributed by atoms with E-state index in [0.717, 1.165) is 11.1 Å². The van der Waals surface area contributed by atoms with E-state index in [1.54, 1.807) is 43.3 Å². The van der Waals surface area contributed by atoms with Crippen molar-refractivity contribution < 1.29 is 26.3 Å². The minimum absolute atomic E-state index is 0.0583. The number of rotatable bonds is 8. The Morgan fingerprint density at radius 1 is 0.744 bits per heavy atom. The zero-order chi connectivity index (χ0) is 29.4. The first-order valence-corrected chi connectivity index (χ1v) is 16.4. The summed E-state index contributed by atoms with van der Waals surface area (Å²) in [7, 11) is -7.70. The molecule has 0 radical (unpaired) electrons. The molecule has 1 aliphatic heterocycles. The molecular formula is C29H44N2O6S2. The maximum atomic E-state index is 13.7. The molecule has 1 heterocycles. The molecule has 8 nitrogen and oxygen atoms in total. The lowest BCUT2D eigenvalue weighted by molar-refractivity contribution is 0.212. The fourth-order valence-electron chi connectivity index (χ4n) is 4.84. The SMILES string of the molecule is CCOc1ccc(S(=O)(=O)N2CCN(S(=O)(=O)c3ccc(OCC)c(C(C)(C)C)c3)[C@@H](C)C2)cc1C(C)(C)C. The smallest absolute Gasteiger partial charge is 0.243 e. The molecule has 0 amide bonds. The molecule has 3 rings (SSSR count). The predicted octanol–water partition coefficient (Wildman–Crippen LogP) is 5.16. The van der Waals surface area contributed by atoms with Gasteiger partial charge in [0.1, 0.15) is 11.5 Å². The highest BCUT2D eigenvalue weighted by molar-refractivity contribution is 7.89. The van der Waals surface area contributed by atoms with Crippen LogP contribution in [0.15, 0.2) is 46.2 Å². The Labute approximate surface area is 235 Å². The first-order valence-electron chi connectivity index (χ1n) is 13.5. The molecule has 0 unspecified atom stereocenters. The highest BCUT2D eigenvalue weighted by atomic mass is 32.2. The number of benzene rings is 2. The van der Waals surface area contributed by atoms with E-state index in [1.807, 2.05) is 55.4 Å². The van der Waals surface area contributed by atoms with E-state index in [9.17, 15) is 16.8 Å². The summed E-state index contributed by atoms with van der Waals surface area (Å²) in [6.07, 6.45) is 0. The van der Waals surface area contributed by atoms with E-state index >= 15 is 0 Å². The van der Waals surface area contributed by atoms with Gasteiger partial charge in [-0.05, 0) is 68.0 Å². The number of hydrogen-bond acceptors (Lipinski definition) is 6. The summed E-state index contributed by atoms with van der Waals surface area (Å²) >= 11 is 0.